The number of aromatic nitrogens is 2. The quantitative estimate of drug-likeness (QED) is 0.610. The second-order valence-electron chi connectivity index (χ2n) is 6.85. The summed E-state index contributed by atoms with van der Waals surface area (Å²) in [6, 6.07) is 15.5. The summed E-state index contributed by atoms with van der Waals surface area (Å²) in [4.78, 5) is 31.3. The summed E-state index contributed by atoms with van der Waals surface area (Å²) >= 11 is 3.37. The molecular weight excluding hydrogens is 420 g/mol. The number of hydrogen-bond donors (Lipinski definition) is 1. The lowest BCUT2D eigenvalue weighted by atomic mass is 10.1. The molecule has 7 heteroatoms. The molecule has 146 valence electrons. The summed E-state index contributed by atoms with van der Waals surface area (Å²) in [5.41, 5.74) is 1.65. The Balaban J connectivity index is 1.62. The normalized spacial score (nSPS) is 12.3. The molecule has 1 amide bonds. The third kappa shape index (κ3) is 4.85. The maximum Gasteiger partial charge on any atom is 0.261 e. The molecule has 0 spiro atoms. The molecule has 0 saturated carbocycles. The summed E-state index contributed by atoms with van der Waals surface area (Å²) in [7, 11) is 3.98. The highest BCUT2D eigenvalue weighted by Crippen LogP contribution is 2.17. The van der Waals surface area contributed by atoms with Gasteiger partial charge in [0.25, 0.3) is 5.56 Å². The zero-order valence-electron chi connectivity index (χ0n) is 15.9. The van der Waals surface area contributed by atoms with Gasteiger partial charge in [-0.3, -0.25) is 14.2 Å². The van der Waals surface area contributed by atoms with Crippen LogP contribution < -0.4 is 10.9 Å². The molecule has 1 atom stereocenters. The van der Waals surface area contributed by atoms with E-state index in [1.54, 1.807) is 12.1 Å². The number of carbonyl (C=O) groups is 1. The van der Waals surface area contributed by atoms with Gasteiger partial charge in [0.1, 0.15) is 0 Å². The molecule has 1 N–H and O–H groups in total. The fraction of sp³-hybridized carbons (Fsp3) is 0.286. The predicted octanol–water partition coefficient (Wildman–Crippen LogP) is 2.97. The number of rotatable bonds is 7. The van der Waals surface area contributed by atoms with Crippen LogP contribution in [0.5, 0.6) is 0 Å². The van der Waals surface area contributed by atoms with E-state index in [0.717, 1.165) is 10.0 Å². The number of halogens is 1. The van der Waals surface area contributed by atoms with Crippen molar-refractivity contribution in [3.63, 3.8) is 0 Å². The minimum atomic E-state index is -0.144. The van der Waals surface area contributed by atoms with E-state index in [9.17, 15) is 9.59 Å². The van der Waals surface area contributed by atoms with Crippen LogP contribution >= 0.6 is 15.9 Å². The van der Waals surface area contributed by atoms with Crippen LogP contribution in [-0.4, -0.2) is 41.0 Å². The zero-order chi connectivity index (χ0) is 20.1. The van der Waals surface area contributed by atoms with Crippen LogP contribution in [0, 0.1) is 0 Å². The summed E-state index contributed by atoms with van der Waals surface area (Å²) < 4.78 is 2.31. The summed E-state index contributed by atoms with van der Waals surface area (Å²) in [6.45, 7) is 0.797. The Bertz CT molecular complexity index is 1020. The summed E-state index contributed by atoms with van der Waals surface area (Å²) in [5.74, 6) is -0.0935. The molecule has 6 nitrogen and oxygen atoms in total. The van der Waals surface area contributed by atoms with E-state index in [1.807, 2.05) is 38.4 Å². The van der Waals surface area contributed by atoms with Crippen LogP contribution in [0.3, 0.4) is 0 Å². The minimum absolute atomic E-state index is 0.0903. The van der Waals surface area contributed by atoms with Crippen LogP contribution in [0.1, 0.15) is 18.0 Å². The van der Waals surface area contributed by atoms with Crippen LogP contribution in [0.25, 0.3) is 10.9 Å². The minimum Gasteiger partial charge on any atom is -0.354 e. The van der Waals surface area contributed by atoms with Crippen molar-refractivity contribution in [3.8, 4) is 0 Å². The van der Waals surface area contributed by atoms with E-state index < -0.39 is 0 Å². The number of carbonyl (C=O) groups excluding carboxylic acids is 1. The molecule has 0 aliphatic carbocycles. The van der Waals surface area contributed by atoms with Gasteiger partial charge in [0.05, 0.1) is 23.3 Å². The van der Waals surface area contributed by atoms with Gasteiger partial charge in [0.2, 0.25) is 5.91 Å². The molecule has 0 bridgehead atoms. The largest absolute Gasteiger partial charge is 0.354 e. The molecule has 1 unspecified atom stereocenters. The van der Waals surface area contributed by atoms with Gasteiger partial charge in [-0.2, -0.15) is 0 Å². The van der Waals surface area contributed by atoms with E-state index in [2.05, 4.69) is 43.3 Å². The van der Waals surface area contributed by atoms with Gasteiger partial charge in [-0.25, -0.2) is 4.98 Å². The fourth-order valence-electron chi connectivity index (χ4n) is 3.09. The first-order valence-corrected chi connectivity index (χ1v) is 9.88. The number of likely N-dealkylation sites (N-methyl/N-ethyl adjacent to an activating group) is 1. The maximum absolute atomic E-state index is 12.6. The van der Waals surface area contributed by atoms with Gasteiger partial charge in [0.15, 0.2) is 0 Å². The predicted molar refractivity (Wildman–Crippen MR) is 114 cm³/mol. The molecule has 0 saturated heterocycles. The Morgan fingerprint density at radius 3 is 2.68 bits per heavy atom. The molecular formula is C21H23BrN4O2. The Morgan fingerprint density at radius 2 is 1.96 bits per heavy atom. The number of hydrogen-bond acceptors (Lipinski definition) is 4. The standard InChI is InChI=1S/C21H23BrN4O2/c1-25(2)19(15-6-4-3-5-7-15)13-23-20(27)10-11-26-14-24-18-9-8-16(22)12-17(18)21(26)28/h3-9,12,14,19H,10-11,13H2,1-2H3,(H,23,27). The number of amides is 1. The van der Waals surface area contributed by atoms with E-state index in [0.29, 0.717) is 17.4 Å². The van der Waals surface area contributed by atoms with Gasteiger partial charge in [-0.1, -0.05) is 46.3 Å². The van der Waals surface area contributed by atoms with Gasteiger partial charge >= 0.3 is 0 Å². The van der Waals surface area contributed by atoms with E-state index >= 15 is 0 Å². The molecule has 28 heavy (non-hydrogen) atoms. The molecule has 0 radical (unpaired) electrons. The summed E-state index contributed by atoms with van der Waals surface area (Å²) in [5, 5.41) is 3.51. The van der Waals surface area contributed by atoms with E-state index in [4.69, 9.17) is 0 Å². The van der Waals surface area contributed by atoms with Gasteiger partial charge < -0.3 is 10.2 Å². The van der Waals surface area contributed by atoms with Gasteiger partial charge in [-0.05, 0) is 37.9 Å². The molecule has 3 rings (SSSR count). The van der Waals surface area contributed by atoms with Crippen molar-refractivity contribution >= 4 is 32.7 Å². The van der Waals surface area contributed by atoms with Crippen LogP contribution in [0.2, 0.25) is 0 Å². The number of benzene rings is 2. The monoisotopic (exact) mass is 442 g/mol. The van der Waals surface area contributed by atoms with Crippen LogP contribution in [0.4, 0.5) is 0 Å². The highest BCUT2D eigenvalue weighted by Gasteiger charge is 2.15. The molecule has 1 aromatic heterocycles. The Kier molecular flexibility index (Phi) is 6.59. The third-order valence-electron chi connectivity index (χ3n) is 4.67. The Labute approximate surface area is 172 Å². The first kappa shape index (κ1) is 20.2. The molecule has 3 aromatic rings. The van der Waals surface area contributed by atoms with E-state index in [-0.39, 0.29) is 30.5 Å². The number of nitrogens with one attached hydrogen (secondary N) is 1. The average Bonchev–Trinajstić information content (AvgIpc) is 2.68. The van der Waals surface area contributed by atoms with Crippen LogP contribution in [0.15, 0.2) is 64.1 Å². The smallest absolute Gasteiger partial charge is 0.261 e. The lowest BCUT2D eigenvalue weighted by Crippen LogP contribution is -2.35. The second-order valence-corrected chi connectivity index (χ2v) is 7.76. The van der Waals surface area contributed by atoms with Crippen molar-refractivity contribution in [1.29, 1.82) is 0 Å². The summed E-state index contributed by atoms with van der Waals surface area (Å²) in [6.07, 6.45) is 1.72. The van der Waals surface area contributed by atoms with Crippen molar-refractivity contribution in [2.75, 3.05) is 20.6 Å². The average molecular weight is 443 g/mol. The second kappa shape index (κ2) is 9.12. The molecule has 2 aromatic carbocycles. The number of fused-ring (bicyclic) bond motifs is 1. The van der Waals surface area contributed by atoms with Crippen molar-refractivity contribution in [2.45, 2.75) is 19.0 Å². The third-order valence-corrected chi connectivity index (χ3v) is 5.16. The highest BCUT2D eigenvalue weighted by molar-refractivity contribution is 9.10. The van der Waals surface area contributed by atoms with E-state index in [1.165, 1.54) is 10.9 Å². The van der Waals surface area contributed by atoms with Crippen molar-refractivity contribution in [3.05, 3.63) is 75.2 Å². The lowest BCUT2D eigenvalue weighted by molar-refractivity contribution is -0.121. The number of nitrogens with zero attached hydrogens (tertiary/aromatic N) is 3. The fourth-order valence-corrected chi connectivity index (χ4v) is 3.45. The van der Waals surface area contributed by atoms with Gasteiger partial charge in [-0.15, -0.1) is 0 Å². The first-order valence-electron chi connectivity index (χ1n) is 9.08. The molecule has 0 aliphatic heterocycles. The van der Waals surface area contributed by atoms with Crippen molar-refractivity contribution in [1.82, 2.24) is 19.8 Å². The SMILES string of the molecule is CN(C)C(CNC(=O)CCn1cnc2ccc(Br)cc2c1=O)c1ccccc1. The first-order chi connectivity index (χ1) is 13.5. The van der Waals surface area contributed by atoms with Crippen LogP contribution in [-0.2, 0) is 11.3 Å². The van der Waals surface area contributed by atoms with Gasteiger partial charge in [0, 0.05) is 24.0 Å². The topological polar surface area (TPSA) is 67.2 Å². The Hall–Kier alpha value is -2.51. The lowest BCUT2D eigenvalue weighted by Gasteiger charge is -2.25. The van der Waals surface area contributed by atoms with Crippen molar-refractivity contribution < 1.29 is 4.79 Å². The maximum atomic E-state index is 12.6. The molecule has 0 aliphatic rings. The Morgan fingerprint density at radius 1 is 1.21 bits per heavy atom. The zero-order valence-corrected chi connectivity index (χ0v) is 17.5. The number of aryl methyl sites for hydroxylation is 1. The van der Waals surface area contributed by atoms with Crippen molar-refractivity contribution in [2.24, 2.45) is 0 Å². The molecule has 1 heterocycles. The highest BCUT2D eigenvalue weighted by atomic mass is 79.9. The molecule has 0 fully saturated rings.